The molecule has 0 aliphatic carbocycles. The molecule has 1 aliphatic heterocycles. The summed E-state index contributed by atoms with van der Waals surface area (Å²) >= 11 is 0. The first-order valence-electron chi connectivity index (χ1n) is 5.17. The first kappa shape index (κ1) is 9.50. The van der Waals surface area contributed by atoms with Crippen molar-refractivity contribution < 1.29 is 4.58 Å². The molecule has 0 amide bonds. The largest absolute Gasteiger partial charge is 0.236 e. The van der Waals surface area contributed by atoms with Gasteiger partial charge in [-0.25, -0.2) is 4.58 Å². The lowest BCUT2D eigenvalue weighted by Gasteiger charge is -2.07. The van der Waals surface area contributed by atoms with Crippen LogP contribution in [0.15, 0.2) is 12.2 Å². The summed E-state index contributed by atoms with van der Waals surface area (Å²) in [5.41, 5.74) is 0. The second kappa shape index (κ2) is 5.99. The summed E-state index contributed by atoms with van der Waals surface area (Å²) in [5.74, 6) is 0. The minimum absolute atomic E-state index is 1.21. The zero-order chi connectivity index (χ0) is 8.65. The first-order valence-corrected chi connectivity index (χ1v) is 5.17. The van der Waals surface area contributed by atoms with Crippen LogP contribution in [0.1, 0.15) is 39.0 Å². The molecule has 0 aromatic rings. The highest BCUT2D eigenvalue weighted by molar-refractivity contribution is 5.65. The number of nitrogens with zero attached hydrogens (tertiary/aromatic N) is 1. The molecule has 0 aromatic carbocycles. The summed E-state index contributed by atoms with van der Waals surface area (Å²) in [6.45, 7) is 4.73. The van der Waals surface area contributed by atoms with Crippen molar-refractivity contribution in [1.29, 1.82) is 0 Å². The summed E-state index contributed by atoms with van der Waals surface area (Å²) < 4.78 is 2.43. The molecule has 1 nitrogen and oxygen atoms in total. The molecule has 68 valence electrons. The van der Waals surface area contributed by atoms with Crippen LogP contribution in [0.4, 0.5) is 0 Å². The molecule has 1 heterocycles. The van der Waals surface area contributed by atoms with E-state index in [-0.39, 0.29) is 0 Å². The van der Waals surface area contributed by atoms with Gasteiger partial charge in [-0.05, 0) is 18.9 Å². The van der Waals surface area contributed by atoms with Gasteiger partial charge in [0.25, 0.3) is 0 Å². The van der Waals surface area contributed by atoms with Crippen molar-refractivity contribution in [2.75, 3.05) is 13.1 Å². The summed E-state index contributed by atoms with van der Waals surface area (Å²) in [5, 5.41) is 0. The fourth-order valence-corrected chi connectivity index (χ4v) is 1.51. The molecule has 12 heavy (non-hydrogen) atoms. The topological polar surface area (TPSA) is 3.01 Å². The van der Waals surface area contributed by atoms with E-state index in [1.54, 1.807) is 0 Å². The molecule has 0 aromatic heterocycles. The lowest BCUT2D eigenvalue weighted by atomic mass is 10.2. The highest BCUT2D eigenvalue weighted by Crippen LogP contribution is 2.02. The zero-order valence-corrected chi connectivity index (χ0v) is 8.13. The maximum atomic E-state index is 2.43. The number of hydrogen-bond donors (Lipinski definition) is 0. The predicted molar refractivity (Wildman–Crippen MR) is 54.0 cm³/mol. The Hall–Kier alpha value is -0.590. The van der Waals surface area contributed by atoms with Gasteiger partial charge in [0, 0.05) is 12.8 Å². The molecule has 0 N–H and O–H groups in total. The molecular weight excluding hydrogens is 146 g/mol. The minimum atomic E-state index is 1.21. The van der Waals surface area contributed by atoms with Gasteiger partial charge >= 0.3 is 0 Å². The summed E-state index contributed by atoms with van der Waals surface area (Å²) in [7, 11) is 0. The zero-order valence-electron chi connectivity index (χ0n) is 8.13. The van der Waals surface area contributed by atoms with Gasteiger partial charge in [-0.2, -0.15) is 0 Å². The Bertz CT molecular complexity index is 160. The average Bonchev–Trinajstić information content (AvgIpc) is 2.14. The van der Waals surface area contributed by atoms with Crippen LogP contribution >= 0.6 is 0 Å². The third kappa shape index (κ3) is 3.70. The first-order chi connectivity index (χ1) is 5.93. The van der Waals surface area contributed by atoms with E-state index in [0.29, 0.717) is 0 Å². The van der Waals surface area contributed by atoms with E-state index < -0.39 is 0 Å². The van der Waals surface area contributed by atoms with Crippen LogP contribution in [-0.2, 0) is 0 Å². The Balaban J connectivity index is 2.24. The molecule has 0 atom stereocenters. The van der Waals surface area contributed by atoms with Gasteiger partial charge in [0.15, 0.2) is 6.21 Å². The molecule has 1 rings (SSSR count). The van der Waals surface area contributed by atoms with E-state index >= 15 is 0 Å². The number of hydrogen-bond acceptors (Lipinski definition) is 0. The van der Waals surface area contributed by atoms with Gasteiger partial charge in [-0.3, -0.25) is 0 Å². The quantitative estimate of drug-likeness (QED) is 0.567. The number of piperidine rings is 1. The van der Waals surface area contributed by atoms with Gasteiger partial charge in [0.2, 0.25) is 0 Å². The Morgan fingerprint density at radius 1 is 1.17 bits per heavy atom. The highest BCUT2D eigenvalue weighted by atomic mass is 15.0. The van der Waals surface area contributed by atoms with Crippen LogP contribution in [0.25, 0.3) is 0 Å². The van der Waals surface area contributed by atoms with Crippen LogP contribution in [0.2, 0.25) is 0 Å². The highest BCUT2D eigenvalue weighted by Gasteiger charge is 2.08. The lowest BCUT2D eigenvalue weighted by molar-refractivity contribution is -0.532. The minimum Gasteiger partial charge on any atom is -0.236 e. The van der Waals surface area contributed by atoms with Crippen LogP contribution in [-0.4, -0.2) is 23.9 Å². The van der Waals surface area contributed by atoms with E-state index in [0.717, 1.165) is 0 Å². The summed E-state index contributed by atoms with van der Waals surface area (Å²) in [6.07, 6.45) is 13.3. The van der Waals surface area contributed by atoms with Crippen LogP contribution in [0.3, 0.4) is 0 Å². The predicted octanol–water partition coefficient (Wildman–Crippen LogP) is 2.61. The van der Waals surface area contributed by atoms with E-state index in [4.69, 9.17) is 0 Å². The van der Waals surface area contributed by atoms with Crippen molar-refractivity contribution in [2.24, 2.45) is 0 Å². The Morgan fingerprint density at radius 3 is 2.58 bits per heavy atom. The molecule has 0 unspecified atom stereocenters. The normalized spacial score (nSPS) is 18.6. The van der Waals surface area contributed by atoms with Crippen molar-refractivity contribution in [2.45, 2.75) is 39.0 Å². The van der Waals surface area contributed by atoms with Crippen molar-refractivity contribution in [1.82, 2.24) is 0 Å². The van der Waals surface area contributed by atoms with Crippen LogP contribution in [0.5, 0.6) is 0 Å². The van der Waals surface area contributed by atoms with Crippen molar-refractivity contribution >= 4 is 6.21 Å². The molecule has 0 spiro atoms. The van der Waals surface area contributed by atoms with Crippen molar-refractivity contribution in [3.05, 3.63) is 12.2 Å². The monoisotopic (exact) mass is 166 g/mol. The van der Waals surface area contributed by atoms with Gasteiger partial charge in [0.1, 0.15) is 13.1 Å². The number of rotatable bonds is 3. The van der Waals surface area contributed by atoms with Crippen molar-refractivity contribution in [3.8, 4) is 0 Å². The van der Waals surface area contributed by atoms with Crippen LogP contribution < -0.4 is 0 Å². The van der Waals surface area contributed by atoms with Gasteiger partial charge in [-0.1, -0.05) is 19.4 Å². The van der Waals surface area contributed by atoms with E-state index in [1.807, 2.05) is 0 Å². The van der Waals surface area contributed by atoms with Crippen LogP contribution in [0, 0.1) is 0 Å². The maximum absolute atomic E-state index is 2.43. The fourth-order valence-electron chi connectivity index (χ4n) is 1.51. The van der Waals surface area contributed by atoms with E-state index in [9.17, 15) is 0 Å². The van der Waals surface area contributed by atoms with Gasteiger partial charge in [-0.15, -0.1) is 0 Å². The molecule has 0 saturated carbocycles. The van der Waals surface area contributed by atoms with Gasteiger partial charge < -0.3 is 0 Å². The fraction of sp³-hybridized carbons (Fsp3) is 0.727. The molecule has 0 bridgehead atoms. The Kier molecular flexibility index (Phi) is 4.74. The Morgan fingerprint density at radius 2 is 1.92 bits per heavy atom. The number of unbranched alkanes of at least 4 members (excludes halogenated alkanes) is 1. The van der Waals surface area contributed by atoms with Crippen molar-refractivity contribution in [3.63, 3.8) is 0 Å². The second-order valence-electron chi connectivity index (χ2n) is 3.46. The smallest absolute Gasteiger partial charge is 0.163 e. The lowest BCUT2D eigenvalue weighted by Crippen LogP contribution is -2.20. The number of allylic oxidation sites excluding steroid dienone is 2. The van der Waals surface area contributed by atoms with E-state index in [1.165, 1.54) is 45.2 Å². The van der Waals surface area contributed by atoms with Gasteiger partial charge in [0.05, 0.1) is 0 Å². The van der Waals surface area contributed by atoms with E-state index in [2.05, 4.69) is 29.9 Å². The molecule has 1 saturated heterocycles. The molecule has 0 radical (unpaired) electrons. The molecule has 1 fully saturated rings. The third-order valence-corrected chi connectivity index (χ3v) is 2.28. The molecular formula is C11H20N+. The maximum Gasteiger partial charge on any atom is 0.163 e. The summed E-state index contributed by atoms with van der Waals surface area (Å²) in [6, 6.07) is 0. The molecule has 1 heteroatoms. The summed E-state index contributed by atoms with van der Waals surface area (Å²) in [4.78, 5) is 0. The third-order valence-electron chi connectivity index (χ3n) is 2.28. The average molecular weight is 166 g/mol. The SMILES string of the molecule is CCC/C=C/C=[N+]1CCCCC1. The molecule has 1 aliphatic rings. The Labute approximate surface area is 75.8 Å². The second-order valence-corrected chi connectivity index (χ2v) is 3.46. The standard InChI is InChI=1S/C11H20N/c1-2-3-4-6-9-12-10-7-5-8-11-12/h4,6,9H,2-3,5,7-8,10-11H2,1H3/q+1/b6-4+.